The van der Waals surface area contributed by atoms with Crippen molar-refractivity contribution in [2.24, 2.45) is 0 Å². The van der Waals surface area contributed by atoms with E-state index in [-0.39, 0.29) is 24.9 Å². The molecule has 2 amide bonds. The SMILES string of the molecule is CCN(CC(=O)OC)C(=O)CNC(=O)c1cccc(C)c1. The number of ether oxygens (including phenoxy) is 1. The number of rotatable bonds is 6. The van der Waals surface area contributed by atoms with Crippen LogP contribution in [-0.4, -0.2) is 49.4 Å². The number of nitrogens with zero attached hydrogens (tertiary/aromatic N) is 1. The molecule has 0 spiro atoms. The van der Waals surface area contributed by atoms with Crippen molar-refractivity contribution < 1.29 is 19.1 Å². The molecule has 0 aliphatic carbocycles. The van der Waals surface area contributed by atoms with Crippen molar-refractivity contribution in [3.63, 3.8) is 0 Å². The Hall–Kier alpha value is -2.37. The molecular weight excluding hydrogens is 272 g/mol. The topological polar surface area (TPSA) is 75.7 Å². The van der Waals surface area contributed by atoms with E-state index in [1.807, 2.05) is 13.0 Å². The number of nitrogens with one attached hydrogen (secondary N) is 1. The van der Waals surface area contributed by atoms with Gasteiger partial charge in [0, 0.05) is 12.1 Å². The minimum absolute atomic E-state index is 0.119. The minimum atomic E-state index is -0.491. The predicted molar refractivity (Wildman–Crippen MR) is 77.8 cm³/mol. The van der Waals surface area contributed by atoms with Gasteiger partial charge in [0.15, 0.2) is 0 Å². The Morgan fingerprint density at radius 1 is 1.29 bits per heavy atom. The summed E-state index contributed by atoms with van der Waals surface area (Å²) in [5.41, 5.74) is 1.47. The van der Waals surface area contributed by atoms with E-state index in [1.165, 1.54) is 12.0 Å². The maximum atomic E-state index is 11.9. The van der Waals surface area contributed by atoms with E-state index in [1.54, 1.807) is 25.1 Å². The Morgan fingerprint density at radius 3 is 2.57 bits per heavy atom. The third kappa shape index (κ3) is 5.25. The van der Waals surface area contributed by atoms with Gasteiger partial charge >= 0.3 is 5.97 Å². The maximum Gasteiger partial charge on any atom is 0.325 e. The molecule has 0 fully saturated rings. The van der Waals surface area contributed by atoms with Gasteiger partial charge in [0.1, 0.15) is 6.54 Å². The Morgan fingerprint density at radius 2 is 2.00 bits per heavy atom. The van der Waals surface area contributed by atoms with Crippen LogP contribution in [0.1, 0.15) is 22.8 Å². The van der Waals surface area contributed by atoms with Crippen LogP contribution < -0.4 is 5.32 Å². The van der Waals surface area contributed by atoms with Crippen molar-refractivity contribution in [1.29, 1.82) is 0 Å². The van der Waals surface area contributed by atoms with Gasteiger partial charge in [-0.25, -0.2) is 0 Å². The minimum Gasteiger partial charge on any atom is -0.468 e. The fourth-order valence-electron chi connectivity index (χ4n) is 1.75. The van der Waals surface area contributed by atoms with Crippen LogP contribution in [0.25, 0.3) is 0 Å². The van der Waals surface area contributed by atoms with Gasteiger partial charge in [-0.05, 0) is 26.0 Å². The average Bonchev–Trinajstić information content (AvgIpc) is 2.49. The summed E-state index contributed by atoms with van der Waals surface area (Å²) in [7, 11) is 1.26. The number of esters is 1. The van der Waals surface area contributed by atoms with Crippen LogP contribution in [-0.2, 0) is 14.3 Å². The van der Waals surface area contributed by atoms with E-state index in [0.29, 0.717) is 12.1 Å². The van der Waals surface area contributed by atoms with Crippen LogP contribution in [0.4, 0.5) is 0 Å². The number of carbonyl (C=O) groups excluding carboxylic acids is 3. The molecule has 0 radical (unpaired) electrons. The molecule has 6 nitrogen and oxygen atoms in total. The molecule has 0 heterocycles. The molecule has 0 aliphatic heterocycles. The van der Waals surface area contributed by atoms with E-state index in [4.69, 9.17) is 0 Å². The summed E-state index contributed by atoms with van der Waals surface area (Å²) >= 11 is 0. The van der Waals surface area contributed by atoms with Crippen LogP contribution in [0.15, 0.2) is 24.3 Å². The zero-order chi connectivity index (χ0) is 15.8. The molecule has 1 N–H and O–H groups in total. The summed E-state index contributed by atoms with van der Waals surface area (Å²) in [6, 6.07) is 7.09. The van der Waals surface area contributed by atoms with Crippen LogP contribution in [0.5, 0.6) is 0 Å². The smallest absolute Gasteiger partial charge is 0.325 e. The summed E-state index contributed by atoms with van der Waals surface area (Å²) < 4.78 is 4.52. The Kier molecular flexibility index (Phi) is 6.39. The molecule has 0 unspecified atom stereocenters. The molecule has 0 atom stereocenters. The lowest BCUT2D eigenvalue weighted by molar-refractivity contribution is -0.146. The molecule has 0 aliphatic rings. The van der Waals surface area contributed by atoms with Crippen LogP contribution in [0.2, 0.25) is 0 Å². The van der Waals surface area contributed by atoms with Gasteiger partial charge in [0.25, 0.3) is 5.91 Å². The molecule has 0 aromatic heterocycles. The van der Waals surface area contributed by atoms with Crippen LogP contribution >= 0.6 is 0 Å². The van der Waals surface area contributed by atoms with Crippen molar-refractivity contribution >= 4 is 17.8 Å². The van der Waals surface area contributed by atoms with Crippen molar-refractivity contribution in [2.75, 3.05) is 26.7 Å². The standard InChI is InChI=1S/C15H20N2O4/c1-4-17(10-14(19)21-3)13(18)9-16-15(20)12-7-5-6-11(2)8-12/h5-8H,4,9-10H2,1-3H3,(H,16,20). The monoisotopic (exact) mass is 292 g/mol. The van der Waals surface area contributed by atoms with Gasteiger partial charge in [-0.2, -0.15) is 0 Å². The normalized spacial score (nSPS) is 9.86. The number of carbonyl (C=O) groups is 3. The van der Waals surface area contributed by atoms with Crippen LogP contribution in [0.3, 0.4) is 0 Å². The van der Waals surface area contributed by atoms with Crippen molar-refractivity contribution in [1.82, 2.24) is 10.2 Å². The lowest BCUT2D eigenvalue weighted by Gasteiger charge is -2.19. The number of aryl methyl sites for hydroxylation is 1. The van der Waals surface area contributed by atoms with Gasteiger partial charge in [-0.1, -0.05) is 17.7 Å². The molecule has 0 saturated carbocycles. The molecule has 6 heteroatoms. The number of hydrogen-bond acceptors (Lipinski definition) is 4. The highest BCUT2D eigenvalue weighted by Gasteiger charge is 2.16. The van der Waals surface area contributed by atoms with Gasteiger partial charge in [0.2, 0.25) is 5.91 Å². The number of hydrogen-bond donors (Lipinski definition) is 1. The largest absolute Gasteiger partial charge is 0.468 e. The first-order valence-corrected chi connectivity index (χ1v) is 6.67. The number of benzene rings is 1. The van der Waals surface area contributed by atoms with Gasteiger partial charge in [-0.3, -0.25) is 14.4 Å². The summed E-state index contributed by atoms with van der Waals surface area (Å²) in [5.74, 6) is -1.14. The molecule has 1 aromatic carbocycles. The average molecular weight is 292 g/mol. The number of amides is 2. The van der Waals surface area contributed by atoms with Crippen molar-refractivity contribution in [3.05, 3.63) is 35.4 Å². The zero-order valence-corrected chi connectivity index (χ0v) is 12.5. The fourth-order valence-corrected chi connectivity index (χ4v) is 1.75. The summed E-state index contributed by atoms with van der Waals surface area (Å²) in [6.07, 6.45) is 0. The fraction of sp³-hybridized carbons (Fsp3) is 0.400. The summed E-state index contributed by atoms with van der Waals surface area (Å²) in [6.45, 7) is 3.73. The second kappa shape index (κ2) is 8.04. The quantitative estimate of drug-likeness (QED) is 0.785. The second-order valence-electron chi connectivity index (χ2n) is 4.54. The van der Waals surface area contributed by atoms with E-state index in [2.05, 4.69) is 10.1 Å². The lowest BCUT2D eigenvalue weighted by Crippen LogP contribution is -2.42. The molecule has 0 saturated heterocycles. The van der Waals surface area contributed by atoms with E-state index in [0.717, 1.165) is 5.56 Å². The summed E-state index contributed by atoms with van der Waals surface area (Å²) in [5, 5.41) is 2.55. The van der Waals surface area contributed by atoms with Gasteiger partial charge < -0.3 is 15.0 Å². The van der Waals surface area contributed by atoms with E-state index < -0.39 is 5.97 Å². The van der Waals surface area contributed by atoms with Crippen LogP contribution in [0, 0.1) is 6.92 Å². The zero-order valence-electron chi connectivity index (χ0n) is 12.5. The lowest BCUT2D eigenvalue weighted by atomic mass is 10.1. The first-order chi connectivity index (χ1) is 9.97. The van der Waals surface area contributed by atoms with Crippen molar-refractivity contribution in [2.45, 2.75) is 13.8 Å². The highest BCUT2D eigenvalue weighted by atomic mass is 16.5. The Labute approximate surface area is 124 Å². The number of methoxy groups -OCH3 is 1. The Bertz CT molecular complexity index is 528. The third-order valence-corrected chi connectivity index (χ3v) is 2.96. The first kappa shape index (κ1) is 16.7. The van der Waals surface area contributed by atoms with E-state index in [9.17, 15) is 14.4 Å². The molecule has 1 rings (SSSR count). The van der Waals surface area contributed by atoms with E-state index >= 15 is 0 Å². The molecule has 1 aromatic rings. The maximum absolute atomic E-state index is 11.9. The first-order valence-electron chi connectivity index (χ1n) is 6.67. The van der Waals surface area contributed by atoms with Gasteiger partial charge in [-0.15, -0.1) is 0 Å². The van der Waals surface area contributed by atoms with Gasteiger partial charge in [0.05, 0.1) is 13.7 Å². The Balaban J connectivity index is 2.55. The second-order valence-corrected chi connectivity index (χ2v) is 4.54. The predicted octanol–water partition coefficient (Wildman–Crippen LogP) is 0.746. The summed E-state index contributed by atoms with van der Waals surface area (Å²) in [4.78, 5) is 36.3. The highest BCUT2D eigenvalue weighted by Crippen LogP contribution is 2.03. The molecule has 0 bridgehead atoms. The molecule has 21 heavy (non-hydrogen) atoms. The highest BCUT2D eigenvalue weighted by molar-refractivity contribution is 5.96. The number of likely N-dealkylation sites (N-methyl/N-ethyl adjacent to an activating group) is 1. The van der Waals surface area contributed by atoms with Crippen molar-refractivity contribution in [3.8, 4) is 0 Å². The third-order valence-electron chi connectivity index (χ3n) is 2.96. The molecular formula is C15H20N2O4. The molecule has 114 valence electrons.